The molecule has 0 aromatic carbocycles. The Morgan fingerprint density at radius 2 is 2.08 bits per heavy atom. The van der Waals surface area contributed by atoms with Crippen LogP contribution in [0, 0.1) is 0 Å². The minimum atomic E-state index is -3.87. The lowest BCUT2D eigenvalue weighted by Gasteiger charge is -2.09. The van der Waals surface area contributed by atoms with Crippen molar-refractivity contribution in [1.29, 1.82) is 0 Å². The van der Waals surface area contributed by atoms with E-state index in [9.17, 15) is 17.2 Å². The Morgan fingerprint density at radius 1 is 1.50 bits per heavy atom. The fraction of sp³-hybridized carbons (Fsp3) is 1.00. The zero-order chi connectivity index (χ0) is 9.41. The minimum absolute atomic E-state index is 0.138. The summed E-state index contributed by atoms with van der Waals surface area (Å²) in [6.45, 7) is 0. The Labute approximate surface area is 73.6 Å². The van der Waals surface area contributed by atoms with Gasteiger partial charge in [-0.15, -0.1) is 0 Å². The van der Waals surface area contributed by atoms with Crippen LogP contribution in [0.5, 0.6) is 0 Å². The monoisotopic (exact) mass is 219 g/mol. The number of hydrogen-bond donors (Lipinski definition) is 1. The molecule has 1 aliphatic rings. The molecule has 3 nitrogen and oxygen atoms in total. The summed E-state index contributed by atoms with van der Waals surface area (Å²) in [5, 5.41) is 0. The molecule has 1 rings (SSSR count). The van der Waals surface area contributed by atoms with Gasteiger partial charge in [0.05, 0.1) is 0 Å². The van der Waals surface area contributed by atoms with Crippen LogP contribution in [0.15, 0.2) is 0 Å². The molecule has 72 valence electrons. The molecule has 1 N–H and O–H groups in total. The molecule has 1 fully saturated rings. The van der Waals surface area contributed by atoms with E-state index in [2.05, 4.69) is 0 Å². The highest BCUT2D eigenvalue weighted by Gasteiger charge is 2.40. The van der Waals surface area contributed by atoms with Gasteiger partial charge in [-0.3, -0.25) is 0 Å². The van der Waals surface area contributed by atoms with Gasteiger partial charge in [0.15, 0.2) is 0 Å². The third-order valence-corrected chi connectivity index (χ3v) is 2.59. The quantitative estimate of drug-likeness (QED) is 0.711. The number of halogens is 3. The van der Waals surface area contributed by atoms with Crippen molar-refractivity contribution in [2.75, 3.05) is 0 Å². The van der Waals surface area contributed by atoms with Crippen LogP contribution in [-0.2, 0) is 9.24 Å². The molecule has 0 aromatic rings. The van der Waals surface area contributed by atoms with Crippen molar-refractivity contribution in [2.45, 2.75) is 31.2 Å². The summed E-state index contributed by atoms with van der Waals surface area (Å²) in [5.74, 6) is -2.75. The topological polar surface area (TPSA) is 46.2 Å². The lowest BCUT2D eigenvalue weighted by atomic mass is 10.3. The SMILES string of the molecule is O=S(=O)(Cl)NC1CCC(F)(F)C1. The molecule has 0 spiro atoms. The third kappa shape index (κ3) is 3.20. The molecule has 1 aliphatic carbocycles. The van der Waals surface area contributed by atoms with E-state index in [1.807, 2.05) is 4.72 Å². The van der Waals surface area contributed by atoms with E-state index in [1.54, 1.807) is 0 Å². The van der Waals surface area contributed by atoms with Crippen molar-refractivity contribution in [1.82, 2.24) is 4.72 Å². The molecule has 0 saturated heterocycles. The average molecular weight is 220 g/mol. The largest absolute Gasteiger partial charge is 0.297 e. The summed E-state index contributed by atoms with van der Waals surface area (Å²) in [4.78, 5) is 0. The van der Waals surface area contributed by atoms with E-state index in [-0.39, 0.29) is 12.8 Å². The highest BCUT2D eigenvalue weighted by Crippen LogP contribution is 2.35. The van der Waals surface area contributed by atoms with Crippen LogP contribution in [0.3, 0.4) is 0 Å². The molecule has 0 aromatic heterocycles. The zero-order valence-corrected chi connectivity index (χ0v) is 7.63. The van der Waals surface area contributed by atoms with E-state index in [0.717, 1.165) is 0 Å². The first-order chi connectivity index (χ1) is 5.29. The third-order valence-electron chi connectivity index (χ3n) is 1.71. The number of nitrogens with one attached hydrogen (secondary N) is 1. The Hall–Kier alpha value is 0.0600. The first-order valence-corrected chi connectivity index (χ1v) is 5.69. The zero-order valence-electron chi connectivity index (χ0n) is 6.06. The molecule has 1 saturated carbocycles. The first-order valence-electron chi connectivity index (χ1n) is 3.38. The van der Waals surface area contributed by atoms with Gasteiger partial charge in [0, 0.05) is 29.6 Å². The Balaban J connectivity index is 2.49. The predicted octanol–water partition coefficient (Wildman–Crippen LogP) is 1.25. The van der Waals surface area contributed by atoms with Crippen molar-refractivity contribution in [3.8, 4) is 0 Å². The van der Waals surface area contributed by atoms with Crippen LogP contribution >= 0.6 is 10.7 Å². The van der Waals surface area contributed by atoms with Crippen molar-refractivity contribution in [3.05, 3.63) is 0 Å². The van der Waals surface area contributed by atoms with Gasteiger partial charge in [-0.1, -0.05) is 0 Å². The van der Waals surface area contributed by atoms with Gasteiger partial charge in [-0.05, 0) is 6.42 Å². The van der Waals surface area contributed by atoms with Gasteiger partial charge in [0.2, 0.25) is 5.92 Å². The summed E-state index contributed by atoms with van der Waals surface area (Å²) in [5.41, 5.74) is 0. The summed E-state index contributed by atoms with van der Waals surface area (Å²) in [6.07, 6.45) is -0.602. The van der Waals surface area contributed by atoms with Crippen LogP contribution in [0.25, 0.3) is 0 Å². The summed E-state index contributed by atoms with van der Waals surface area (Å²) >= 11 is 0. The Morgan fingerprint density at radius 3 is 2.42 bits per heavy atom. The molecule has 0 bridgehead atoms. The Bertz CT molecular complexity index is 267. The van der Waals surface area contributed by atoms with Crippen molar-refractivity contribution in [2.24, 2.45) is 0 Å². The van der Waals surface area contributed by atoms with Crippen LogP contribution in [0.2, 0.25) is 0 Å². The second-order valence-corrected chi connectivity index (χ2v) is 5.18. The normalized spacial score (nSPS) is 29.1. The second kappa shape index (κ2) is 3.08. The lowest BCUT2D eigenvalue weighted by molar-refractivity contribution is 0.00762. The van der Waals surface area contributed by atoms with Gasteiger partial charge in [-0.25, -0.2) is 8.78 Å². The number of rotatable bonds is 2. The fourth-order valence-electron chi connectivity index (χ4n) is 1.25. The van der Waals surface area contributed by atoms with Crippen LogP contribution in [0.1, 0.15) is 19.3 Å². The highest BCUT2D eigenvalue weighted by molar-refractivity contribution is 8.12. The van der Waals surface area contributed by atoms with Crippen LogP contribution in [-0.4, -0.2) is 20.4 Å². The van der Waals surface area contributed by atoms with E-state index in [4.69, 9.17) is 10.7 Å². The molecule has 7 heteroatoms. The molecule has 1 unspecified atom stereocenters. The summed E-state index contributed by atoms with van der Waals surface area (Å²) in [6, 6.07) is -0.720. The van der Waals surface area contributed by atoms with E-state index in [1.165, 1.54) is 0 Å². The van der Waals surface area contributed by atoms with Gasteiger partial charge >= 0.3 is 0 Å². The molecular formula is C5H8ClF2NO2S. The smallest absolute Gasteiger partial charge is 0.207 e. The molecular weight excluding hydrogens is 212 g/mol. The summed E-state index contributed by atoms with van der Waals surface area (Å²) in [7, 11) is 0.954. The van der Waals surface area contributed by atoms with Crippen molar-refractivity contribution >= 4 is 19.9 Å². The maximum atomic E-state index is 12.5. The standard InChI is InChI=1S/C5H8ClF2NO2S/c6-12(10,11)9-4-1-2-5(7,8)3-4/h4,9H,1-3H2. The molecule has 0 aliphatic heterocycles. The van der Waals surface area contributed by atoms with Gasteiger partial charge < -0.3 is 0 Å². The number of hydrogen-bond acceptors (Lipinski definition) is 2. The molecule has 1 atom stereocenters. The maximum absolute atomic E-state index is 12.5. The lowest BCUT2D eigenvalue weighted by Crippen LogP contribution is -2.30. The molecule has 0 heterocycles. The highest BCUT2D eigenvalue weighted by atomic mass is 35.7. The van der Waals surface area contributed by atoms with Crippen molar-refractivity contribution < 1.29 is 17.2 Å². The minimum Gasteiger partial charge on any atom is -0.207 e. The maximum Gasteiger partial charge on any atom is 0.297 e. The average Bonchev–Trinajstić information content (AvgIpc) is 2.05. The van der Waals surface area contributed by atoms with Gasteiger partial charge in [0.25, 0.3) is 9.24 Å². The molecule has 0 radical (unpaired) electrons. The van der Waals surface area contributed by atoms with E-state index < -0.39 is 27.6 Å². The van der Waals surface area contributed by atoms with Gasteiger partial charge in [0.1, 0.15) is 0 Å². The molecule has 12 heavy (non-hydrogen) atoms. The van der Waals surface area contributed by atoms with E-state index >= 15 is 0 Å². The van der Waals surface area contributed by atoms with Crippen molar-refractivity contribution in [3.63, 3.8) is 0 Å². The fourth-order valence-corrected chi connectivity index (χ4v) is 2.23. The second-order valence-electron chi connectivity index (χ2n) is 2.85. The molecule has 0 amide bonds. The van der Waals surface area contributed by atoms with Crippen LogP contribution < -0.4 is 4.72 Å². The Kier molecular flexibility index (Phi) is 2.60. The first kappa shape index (κ1) is 10.1. The summed E-state index contributed by atoms with van der Waals surface area (Å²) < 4.78 is 47.7. The van der Waals surface area contributed by atoms with Crippen LogP contribution in [0.4, 0.5) is 8.78 Å². The number of alkyl halides is 2. The van der Waals surface area contributed by atoms with Gasteiger partial charge in [-0.2, -0.15) is 13.1 Å². The van der Waals surface area contributed by atoms with E-state index in [0.29, 0.717) is 0 Å². The predicted molar refractivity (Wildman–Crippen MR) is 40.5 cm³/mol.